The number of benzene rings is 4. The SMILES string of the molecule is Cc1cc(C)cc(NC(=O)c2ccc(Cl)c(NC(=O)c3ccc(-c4ccccc4)cc3)c2)c1. The molecule has 0 radical (unpaired) electrons. The first-order valence-corrected chi connectivity index (χ1v) is 10.9. The van der Waals surface area contributed by atoms with Crippen molar-refractivity contribution in [3.05, 3.63) is 118 Å². The number of aryl methyl sites for hydroxylation is 2. The van der Waals surface area contributed by atoms with Crippen LogP contribution in [-0.2, 0) is 0 Å². The third-order valence-electron chi connectivity index (χ3n) is 5.21. The normalized spacial score (nSPS) is 10.5. The van der Waals surface area contributed by atoms with Crippen LogP contribution in [0.5, 0.6) is 0 Å². The summed E-state index contributed by atoms with van der Waals surface area (Å²) in [4.78, 5) is 25.6. The van der Waals surface area contributed by atoms with Crippen LogP contribution in [0.4, 0.5) is 11.4 Å². The molecule has 0 spiro atoms. The zero-order valence-corrected chi connectivity index (χ0v) is 19.1. The van der Waals surface area contributed by atoms with Gasteiger partial charge in [-0.3, -0.25) is 9.59 Å². The predicted octanol–water partition coefficient (Wildman–Crippen LogP) is 7.13. The van der Waals surface area contributed by atoms with Crippen LogP contribution in [-0.4, -0.2) is 11.8 Å². The van der Waals surface area contributed by atoms with Gasteiger partial charge in [-0.2, -0.15) is 0 Å². The van der Waals surface area contributed by atoms with Gasteiger partial charge in [0.2, 0.25) is 0 Å². The Bertz CT molecular complexity index is 1300. The minimum atomic E-state index is -0.302. The van der Waals surface area contributed by atoms with Crippen LogP contribution < -0.4 is 10.6 Å². The van der Waals surface area contributed by atoms with Crippen molar-refractivity contribution in [2.75, 3.05) is 10.6 Å². The number of halogens is 1. The second-order valence-electron chi connectivity index (χ2n) is 7.92. The van der Waals surface area contributed by atoms with E-state index in [-0.39, 0.29) is 11.8 Å². The van der Waals surface area contributed by atoms with Gasteiger partial charge in [-0.15, -0.1) is 0 Å². The number of carbonyl (C=O) groups excluding carboxylic acids is 2. The number of anilines is 2. The zero-order valence-electron chi connectivity index (χ0n) is 18.4. The first kappa shape index (κ1) is 22.3. The van der Waals surface area contributed by atoms with Crippen molar-refractivity contribution in [1.29, 1.82) is 0 Å². The molecule has 164 valence electrons. The van der Waals surface area contributed by atoms with E-state index in [4.69, 9.17) is 11.6 Å². The van der Waals surface area contributed by atoms with E-state index in [1.807, 2.05) is 74.5 Å². The van der Waals surface area contributed by atoms with E-state index in [1.165, 1.54) is 0 Å². The third kappa shape index (κ3) is 5.48. The Morgan fingerprint density at radius 2 is 1.21 bits per heavy atom. The molecule has 0 aliphatic rings. The highest BCUT2D eigenvalue weighted by Gasteiger charge is 2.13. The molecule has 0 aliphatic heterocycles. The fourth-order valence-electron chi connectivity index (χ4n) is 3.65. The second kappa shape index (κ2) is 9.72. The van der Waals surface area contributed by atoms with Crippen molar-refractivity contribution in [3.8, 4) is 11.1 Å². The standard InChI is InChI=1S/C28H23ClN2O2/c1-18-14-19(2)16-24(15-18)30-28(33)23-12-13-25(29)26(17-23)31-27(32)22-10-8-21(9-11-22)20-6-4-3-5-7-20/h3-17H,1-2H3,(H,30,33)(H,31,32). The van der Waals surface area contributed by atoms with Gasteiger partial charge in [-0.05, 0) is 78.6 Å². The van der Waals surface area contributed by atoms with Gasteiger partial charge in [0.15, 0.2) is 0 Å². The molecule has 5 heteroatoms. The molecule has 2 N–H and O–H groups in total. The number of carbonyl (C=O) groups is 2. The molecule has 4 aromatic carbocycles. The quantitative estimate of drug-likeness (QED) is 0.337. The smallest absolute Gasteiger partial charge is 0.255 e. The first-order chi connectivity index (χ1) is 15.9. The average Bonchev–Trinajstić information content (AvgIpc) is 2.80. The molecule has 0 bridgehead atoms. The summed E-state index contributed by atoms with van der Waals surface area (Å²) < 4.78 is 0. The summed E-state index contributed by atoms with van der Waals surface area (Å²) in [5.74, 6) is -0.581. The number of amides is 2. The van der Waals surface area contributed by atoms with Crippen LogP contribution in [0.1, 0.15) is 31.8 Å². The fourth-order valence-corrected chi connectivity index (χ4v) is 3.82. The monoisotopic (exact) mass is 454 g/mol. The van der Waals surface area contributed by atoms with Gasteiger partial charge in [0.25, 0.3) is 11.8 Å². The predicted molar refractivity (Wildman–Crippen MR) is 135 cm³/mol. The zero-order chi connectivity index (χ0) is 23.4. The first-order valence-electron chi connectivity index (χ1n) is 10.5. The summed E-state index contributed by atoms with van der Waals surface area (Å²) >= 11 is 6.29. The van der Waals surface area contributed by atoms with Gasteiger partial charge in [-0.25, -0.2) is 0 Å². The Balaban J connectivity index is 1.49. The van der Waals surface area contributed by atoms with Gasteiger partial charge in [0, 0.05) is 16.8 Å². The van der Waals surface area contributed by atoms with Crippen molar-refractivity contribution >= 4 is 34.8 Å². The minimum Gasteiger partial charge on any atom is -0.322 e. The van der Waals surface area contributed by atoms with E-state index in [0.29, 0.717) is 21.8 Å². The van der Waals surface area contributed by atoms with E-state index in [1.54, 1.807) is 30.3 Å². The molecule has 33 heavy (non-hydrogen) atoms. The van der Waals surface area contributed by atoms with Crippen LogP contribution in [0.2, 0.25) is 5.02 Å². The van der Waals surface area contributed by atoms with Crippen LogP contribution in [0, 0.1) is 13.8 Å². The van der Waals surface area contributed by atoms with Crippen molar-refractivity contribution in [1.82, 2.24) is 0 Å². The molecule has 4 rings (SSSR count). The molecule has 4 nitrogen and oxygen atoms in total. The lowest BCUT2D eigenvalue weighted by molar-refractivity contribution is 0.101. The molecular formula is C28H23ClN2O2. The van der Waals surface area contributed by atoms with E-state index in [0.717, 1.165) is 27.9 Å². The van der Waals surface area contributed by atoms with Gasteiger partial charge >= 0.3 is 0 Å². The summed E-state index contributed by atoms with van der Waals surface area (Å²) in [6, 6.07) is 27.9. The van der Waals surface area contributed by atoms with E-state index < -0.39 is 0 Å². The molecule has 0 unspecified atom stereocenters. The Morgan fingerprint density at radius 3 is 1.88 bits per heavy atom. The van der Waals surface area contributed by atoms with Crippen molar-refractivity contribution in [2.24, 2.45) is 0 Å². The maximum Gasteiger partial charge on any atom is 0.255 e. The lowest BCUT2D eigenvalue weighted by Crippen LogP contribution is -2.15. The Morgan fingerprint density at radius 1 is 0.636 bits per heavy atom. The van der Waals surface area contributed by atoms with Crippen molar-refractivity contribution < 1.29 is 9.59 Å². The molecule has 0 aromatic heterocycles. The van der Waals surface area contributed by atoms with Crippen LogP contribution >= 0.6 is 11.6 Å². The number of hydrogen-bond acceptors (Lipinski definition) is 2. The Labute approximate surface area is 198 Å². The summed E-state index contributed by atoms with van der Waals surface area (Å²) in [5, 5.41) is 6.06. The molecule has 4 aromatic rings. The second-order valence-corrected chi connectivity index (χ2v) is 8.33. The molecule has 0 saturated heterocycles. The topological polar surface area (TPSA) is 58.2 Å². The summed E-state index contributed by atoms with van der Waals surface area (Å²) in [5.41, 5.74) is 6.22. The molecule has 0 saturated carbocycles. The van der Waals surface area contributed by atoms with Crippen molar-refractivity contribution in [3.63, 3.8) is 0 Å². The highest BCUT2D eigenvalue weighted by molar-refractivity contribution is 6.34. The largest absolute Gasteiger partial charge is 0.322 e. The number of hydrogen-bond donors (Lipinski definition) is 2. The van der Waals surface area contributed by atoms with Crippen LogP contribution in [0.15, 0.2) is 91.0 Å². The molecule has 0 atom stereocenters. The van der Waals surface area contributed by atoms with Gasteiger partial charge in [-0.1, -0.05) is 60.1 Å². The Kier molecular flexibility index (Phi) is 6.57. The van der Waals surface area contributed by atoms with Crippen molar-refractivity contribution in [2.45, 2.75) is 13.8 Å². The van der Waals surface area contributed by atoms with E-state index in [2.05, 4.69) is 10.6 Å². The maximum atomic E-state index is 12.8. The minimum absolute atomic E-state index is 0.278. The molecule has 0 aliphatic carbocycles. The molecule has 2 amide bonds. The summed E-state index contributed by atoms with van der Waals surface area (Å²) in [6.07, 6.45) is 0. The summed E-state index contributed by atoms with van der Waals surface area (Å²) in [6.45, 7) is 3.95. The molecule has 0 fully saturated rings. The van der Waals surface area contributed by atoms with Gasteiger partial charge < -0.3 is 10.6 Å². The third-order valence-corrected chi connectivity index (χ3v) is 5.54. The van der Waals surface area contributed by atoms with Gasteiger partial charge in [0.1, 0.15) is 0 Å². The van der Waals surface area contributed by atoms with E-state index in [9.17, 15) is 9.59 Å². The Hall–Kier alpha value is -3.89. The van der Waals surface area contributed by atoms with Gasteiger partial charge in [0.05, 0.1) is 10.7 Å². The number of nitrogens with one attached hydrogen (secondary N) is 2. The van der Waals surface area contributed by atoms with E-state index >= 15 is 0 Å². The molecule has 0 heterocycles. The fraction of sp³-hybridized carbons (Fsp3) is 0.0714. The van der Waals surface area contributed by atoms with Crippen LogP contribution in [0.3, 0.4) is 0 Å². The lowest BCUT2D eigenvalue weighted by Gasteiger charge is -2.11. The number of rotatable bonds is 5. The van der Waals surface area contributed by atoms with Crippen LogP contribution in [0.25, 0.3) is 11.1 Å². The summed E-state index contributed by atoms with van der Waals surface area (Å²) in [7, 11) is 0. The highest BCUT2D eigenvalue weighted by atomic mass is 35.5. The highest BCUT2D eigenvalue weighted by Crippen LogP contribution is 2.25. The lowest BCUT2D eigenvalue weighted by atomic mass is 10.0. The molecular weight excluding hydrogens is 432 g/mol. The average molecular weight is 455 g/mol. The maximum absolute atomic E-state index is 12.8.